The predicted octanol–water partition coefficient (Wildman–Crippen LogP) is 2.77. The van der Waals surface area contributed by atoms with E-state index in [0.29, 0.717) is 24.1 Å². The third-order valence-electron chi connectivity index (χ3n) is 5.53. The Hall–Kier alpha value is -2.60. The smallest absolute Gasteiger partial charge is 0.195 e. The second-order valence-corrected chi connectivity index (χ2v) is 7.43. The second-order valence-electron chi connectivity index (χ2n) is 7.43. The summed E-state index contributed by atoms with van der Waals surface area (Å²) < 4.78 is 11.4. The Kier molecular flexibility index (Phi) is 4.99. The molecule has 1 aromatic heterocycles. The number of methoxy groups -OCH3 is 1. The molecule has 2 aromatic rings. The van der Waals surface area contributed by atoms with Gasteiger partial charge in [0, 0.05) is 19.2 Å². The summed E-state index contributed by atoms with van der Waals surface area (Å²) in [6.07, 6.45) is 3.57. The normalized spacial score (nSPS) is 24.6. The van der Waals surface area contributed by atoms with E-state index in [1.165, 1.54) is 12.3 Å². The maximum Gasteiger partial charge on any atom is 0.195 e. The molecular formula is C21H24N2O4. The largest absolute Gasteiger partial charge is 0.506 e. The average Bonchev–Trinajstić information content (AvgIpc) is 3.20. The topological polar surface area (TPSA) is 71.9 Å². The van der Waals surface area contributed by atoms with E-state index >= 15 is 0 Å². The third kappa shape index (κ3) is 4.06. The molecule has 1 saturated carbocycles. The number of benzene rings is 1. The van der Waals surface area contributed by atoms with Crippen molar-refractivity contribution in [3.63, 3.8) is 0 Å². The molecule has 27 heavy (non-hydrogen) atoms. The van der Waals surface area contributed by atoms with E-state index in [1.807, 2.05) is 24.3 Å². The van der Waals surface area contributed by atoms with Gasteiger partial charge in [-0.25, -0.2) is 4.98 Å². The maximum absolute atomic E-state index is 12.4. The minimum absolute atomic E-state index is 0.000783. The third-order valence-corrected chi connectivity index (χ3v) is 5.53. The van der Waals surface area contributed by atoms with Crippen molar-refractivity contribution in [2.45, 2.75) is 18.9 Å². The van der Waals surface area contributed by atoms with Gasteiger partial charge in [0.05, 0.1) is 26.0 Å². The fraction of sp³-hybridized carbons (Fsp3) is 0.429. The van der Waals surface area contributed by atoms with Gasteiger partial charge in [-0.15, -0.1) is 0 Å². The number of hydrogen-bond acceptors (Lipinski definition) is 6. The van der Waals surface area contributed by atoms with E-state index in [9.17, 15) is 9.90 Å². The van der Waals surface area contributed by atoms with E-state index in [1.54, 1.807) is 13.2 Å². The van der Waals surface area contributed by atoms with Gasteiger partial charge in [0.25, 0.3) is 0 Å². The zero-order valence-electron chi connectivity index (χ0n) is 15.4. The van der Waals surface area contributed by atoms with Gasteiger partial charge < -0.3 is 14.6 Å². The van der Waals surface area contributed by atoms with Crippen LogP contribution in [-0.2, 0) is 0 Å². The van der Waals surface area contributed by atoms with Crippen LogP contribution in [0.2, 0.25) is 0 Å². The Morgan fingerprint density at radius 1 is 1.19 bits per heavy atom. The molecule has 142 valence electrons. The molecule has 4 rings (SSSR count). The predicted molar refractivity (Wildman–Crippen MR) is 100 cm³/mol. The molecule has 0 bridgehead atoms. The van der Waals surface area contributed by atoms with Crippen LogP contribution in [0.5, 0.6) is 17.2 Å². The van der Waals surface area contributed by atoms with Crippen molar-refractivity contribution in [2.24, 2.45) is 11.8 Å². The number of pyridine rings is 1. The number of Topliss-reactive ketones (excluding diaryl/α,β-unsaturated/α-hetero) is 1. The summed E-state index contributed by atoms with van der Waals surface area (Å²) in [7, 11) is 1.66. The minimum Gasteiger partial charge on any atom is -0.506 e. The number of fused-ring (bicyclic) bond motifs is 1. The first kappa shape index (κ1) is 17.8. The van der Waals surface area contributed by atoms with E-state index in [2.05, 4.69) is 9.88 Å². The zero-order valence-corrected chi connectivity index (χ0v) is 15.4. The monoisotopic (exact) mass is 368 g/mol. The van der Waals surface area contributed by atoms with Crippen LogP contribution in [0.15, 0.2) is 42.6 Å². The summed E-state index contributed by atoms with van der Waals surface area (Å²) in [5.74, 6) is 2.87. The summed E-state index contributed by atoms with van der Waals surface area (Å²) in [5, 5.41) is 9.29. The Labute approximate surface area is 158 Å². The van der Waals surface area contributed by atoms with Gasteiger partial charge in [0.15, 0.2) is 5.78 Å². The number of aromatic nitrogens is 1. The number of carbonyl (C=O) groups is 1. The van der Waals surface area contributed by atoms with Gasteiger partial charge in [-0.05, 0) is 48.9 Å². The molecule has 0 radical (unpaired) electrons. The van der Waals surface area contributed by atoms with Crippen LogP contribution in [0.25, 0.3) is 0 Å². The van der Waals surface area contributed by atoms with Crippen LogP contribution in [-0.4, -0.2) is 53.6 Å². The number of carbonyl (C=O) groups excluding carboxylic acids is 1. The van der Waals surface area contributed by atoms with Crippen molar-refractivity contribution in [3.05, 3.63) is 48.3 Å². The quantitative estimate of drug-likeness (QED) is 0.791. The highest BCUT2D eigenvalue weighted by molar-refractivity contribution is 5.95. The molecule has 2 fully saturated rings. The van der Waals surface area contributed by atoms with E-state index in [0.717, 1.165) is 37.4 Å². The van der Waals surface area contributed by atoms with Crippen LogP contribution < -0.4 is 9.47 Å². The van der Waals surface area contributed by atoms with Crippen LogP contribution >= 0.6 is 0 Å². The number of rotatable bonds is 6. The Balaban J connectivity index is 1.29. The molecule has 1 aliphatic carbocycles. The first-order valence-corrected chi connectivity index (χ1v) is 9.32. The van der Waals surface area contributed by atoms with E-state index in [-0.39, 0.29) is 17.6 Å². The Bertz CT molecular complexity index is 794. The summed E-state index contributed by atoms with van der Waals surface area (Å²) in [6.45, 7) is 2.23. The van der Waals surface area contributed by atoms with Gasteiger partial charge in [-0.1, -0.05) is 6.07 Å². The van der Waals surface area contributed by atoms with Crippen molar-refractivity contribution in [1.29, 1.82) is 0 Å². The van der Waals surface area contributed by atoms with Gasteiger partial charge in [-0.2, -0.15) is 0 Å². The molecule has 1 aromatic carbocycles. The summed E-state index contributed by atoms with van der Waals surface area (Å²) in [5.41, 5.74) is 0.407. The van der Waals surface area contributed by atoms with Crippen molar-refractivity contribution in [2.75, 3.05) is 26.7 Å². The second kappa shape index (κ2) is 7.56. The molecule has 0 amide bonds. The first-order chi connectivity index (χ1) is 13.1. The molecule has 2 unspecified atom stereocenters. The number of nitrogens with zero attached hydrogens (tertiary/aromatic N) is 2. The van der Waals surface area contributed by atoms with Crippen molar-refractivity contribution >= 4 is 5.78 Å². The number of ether oxygens (including phenoxy) is 2. The number of likely N-dealkylation sites (tertiary alicyclic amines) is 1. The molecule has 0 spiro atoms. The molecule has 6 nitrogen and oxygen atoms in total. The van der Waals surface area contributed by atoms with Gasteiger partial charge in [-0.3, -0.25) is 9.69 Å². The molecule has 1 N–H and O–H groups in total. The zero-order chi connectivity index (χ0) is 18.8. The molecular weight excluding hydrogens is 344 g/mol. The molecule has 6 heteroatoms. The highest BCUT2D eigenvalue weighted by atomic mass is 16.5. The highest BCUT2D eigenvalue weighted by Crippen LogP contribution is 2.40. The lowest BCUT2D eigenvalue weighted by Gasteiger charge is -2.19. The van der Waals surface area contributed by atoms with Crippen LogP contribution in [0.1, 0.15) is 23.3 Å². The number of hydrogen-bond donors (Lipinski definition) is 1. The van der Waals surface area contributed by atoms with E-state index in [4.69, 9.17) is 9.47 Å². The number of aromatic hydroxyl groups is 1. The molecule has 1 saturated heterocycles. The highest BCUT2D eigenvalue weighted by Gasteiger charge is 2.42. The summed E-state index contributed by atoms with van der Waals surface area (Å²) >= 11 is 0. The molecule has 2 heterocycles. The van der Waals surface area contributed by atoms with Gasteiger partial charge >= 0.3 is 0 Å². The minimum atomic E-state index is -0.000783. The molecule has 2 aliphatic rings. The Morgan fingerprint density at radius 3 is 2.59 bits per heavy atom. The fourth-order valence-corrected chi connectivity index (χ4v) is 4.27. The van der Waals surface area contributed by atoms with Crippen molar-refractivity contribution in [3.8, 4) is 17.2 Å². The van der Waals surface area contributed by atoms with Crippen molar-refractivity contribution in [1.82, 2.24) is 9.88 Å². The SMILES string of the molecule is COc1cccc(OC2CC3CN(CC(=O)c4ccc(O)cn4)C[C@@H]3C2)c1. The number of ketones is 1. The molecule has 3 atom stereocenters. The summed E-state index contributed by atoms with van der Waals surface area (Å²) in [4.78, 5) is 18.6. The first-order valence-electron chi connectivity index (χ1n) is 9.32. The van der Waals surface area contributed by atoms with Crippen LogP contribution in [0, 0.1) is 11.8 Å². The van der Waals surface area contributed by atoms with Gasteiger partial charge in [0.1, 0.15) is 22.9 Å². The maximum atomic E-state index is 12.4. The van der Waals surface area contributed by atoms with Crippen LogP contribution in [0.3, 0.4) is 0 Å². The van der Waals surface area contributed by atoms with Crippen molar-refractivity contribution < 1.29 is 19.4 Å². The molecule has 1 aliphatic heterocycles. The summed E-state index contributed by atoms with van der Waals surface area (Å²) in [6, 6.07) is 10.8. The lowest BCUT2D eigenvalue weighted by molar-refractivity contribution is 0.0932. The van der Waals surface area contributed by atoms with Gasteiger partial charge in [0.2, 0.25) is 0 Å². The van der Waals surface area contributed by atoms with Crippen LogP contribution in [0.4, 0.5) is 0 Å². The standard InChI is InChI=1S/C21H24N2O4/c1-26-17-3-2-4-18(9-17)27-19-7-14-11-23(12-15(14)8-19)13-21(25)20-6-5-16(24)10-22-20/h2-6,9-10,14-15,19,24H,7-8,11-13H2,1H3/t14-,15?,19?/m0/s1. The lowest BCUT2D eigenvalue weighted by Crippen LogP contribution is -2.30. The average molecular weight is 368 g/mol. The van der Waals surface area contributed by atoms with E-state index < -0.39 is 0 Å². The fourth-order valence-electron chi connectivity index (χ4n) is 4.27. The lowest BCUT2D eigenvalue weighted by atomic mass is 10.0. The Morgan fingerprint density at radius 2 is 1.93 bits per heavy atom.